The second kappa shape index (κ2) is 5.25. The molecule has 3 heterocycles. The Morgan fingerprint density at radius 2 is 1.82 bits per heavy atom. The van der Waals surface area contributed by atoms with Crippen molar-refractivity contribution in [3.8, 4) is 0 Å². The zero-order valence-electron chi connectivity index (χ0n) is 10.8. The van der Waals surface area contributed by atoms with Crippen LogP contribution in [-0.4, -0.2) is 42.3 Å². The minimum atomic E-state index is 0.462. The summed E-state index contributed by atoms with van der Waals surface area (Å²) in [7, 11) is 0. The van der Waals surface area contributed by atoms with Crippen molar-refractivity contribution in [2.75, 3.05) is 13.2 Å². The van der Waals surface area contributed by atoms with E-state index >= 15 is 0 Å². The number of ether oxygens (including phenoxy) is 1. The van der Waals surface area contributed by atoms with Gasteiger partial charge in [-0.05, 0) is 44.9 Å². The van der Waals surface area contributed by atoms with E-state index in [-0.39, 0.29) is 0 Å². The first-order valence-corrected chi connectivity index (χ1v) is 7.46. The molecule has 3 heteroatoms. The number of nitrogens with zero attached hydrogens (tertiary/aromatic N) is 1. The molecule has 3 unspecified atom stereocenters. The summed E-state index contributed by atoms with van der Waals surface area (Å²) >= 11 is 0. The Kier molecular flexibility index (Phi) is 3.69. The van der Waals surface area contributed by atoms with Gasteiger partial charge >= 0.3 is 0 Å². The summed E-state index contributed by atoms with van der Waals surface area (Å²) in [5, 5.41) is 0. The van der Waals surface area contributed by atoms with Crippen molar-refractivity contribution in [1.82, 2.24) is 4.90 Å². The molecule has 0 saturated carbocycles. The van der Waals surface area contributed by atoms with E-state index in [1.165, 1.54) is 57.9 Å². The minimum Gasteiger partial charge on any atom is -0.378 e. The molecule has 3 aliphatic rings. The monoisotopic (exact) mass is 238 g/mol. The first-order chi connectivity index (χ1) is 8.33. The highest BCUT2D eigenvalue weighted by atomic mass is 16.5. The molecule has 3 aliphatic heterocycles. The third-order valence-corrected chi connectivity index (χ3v) is 4.90. The van der Waals surface area contributed by atoms with Gasteiger partial charge in [-0.2, -0.15) is 0 Å². The summed E-state index contributed by atoms with van der Waals surface area (Å²) in [6, 6.07) is 2.02. The number of hydrogen-bond acceptors (Lipinski definition) is 3. The van der Waals surface area contributed by atoms with Crippen molar-refractivity contribution < 1.29 is 4.74 Å². The highest BCUT2D eigenvalue weighted by Crippen LogP contribution is 2.33. The summed E-state index contributed by atoms with van der Waals surface area (Å²) < 4.78 is 5.74. The van der Waals surface area contributed by atoms with E-state index < -0.39 is 0 Å². The van der Waals surface area contributed by atoms with E-state index in [4.69, 9.17) is 10.5 Å². The lowest BCUT2D eigenvalue weighted by atomic mass is 9.82. The van der Waals surface area contributed by atoms with Gasteiger partial charge in [0.1, 0.15) is 0 Å². The quantitative estimate of drug-likeness (QED) is 0.816. The van der Waals surface area contributed by atoms with Crippen LogP contribution in [0.15, 0.2) is 0 Å². The Labute approximate surface area is 105 Å². The number of hydrogen-bond donors (Lipinski definition) is 1. The van der Waals surface area contributed by atoms with Crippen molar-refractivity contribution in [2.45, 2.75) is 75.6 Å². The van der Waals surface area contributed by atoms with Gasteiger partial charge in [0.2, 0.25) is 0 Å². The summed E-state index contributed by atoms with van der Waals surface area (Å²) in [6.45, 7) is 2.23. The lowest BCUT2D eigenvalue weighted by Crippen LogP contribution is -2.55. The van der Waals surface area contributed by atoms with Crippen LogP contribution in [0.25, 0.3) is 0 Å². The van der Waals surface area contributed by atoms with Crippen molar-refractivity contribution >= 4 is 0 Å². The average molecular weight is 238 g/mol. The largest absolute Gasteiger partial charge is 0.378 e. The zero-order chi connectivity index (χ0) is 11.7. The van der Waals surface area contributed by atoms with Crippen LogP contribution < -0.4 is 5.73 Å². The smallest absolute Gasteiger partial charge is 0.0588 e. The predicted molar refractivity (Wildman–Crippen MR) is 68.9 cm³/mol. The number of nitrogens with two attached hydrogens (primary N) is 1. The van der Waals surface area contributed by atoms with Crippen LogP contribution in [0.4, 0.5) is 0 Å². The van der Waals surface area contributed by atoms with E-state index in [9.17, 15) is 0 Å². The van der Waals surface area contributed by atoms with E-state index in [0.717, 1.165) is 18.7 Å². The lowest BCUT2D eigenvalue weighted by Gasteiger charge is -2.48. The van der Waals surface area contributed by atoms with Crippen LogP contribution in [0.5, 0.6) is 0 Å². The maximum Gasteiger partial charge on any atom is 0.0588 e. The number of fused-ring (bicyclic) bond motifs is 2. The summed E-state index contributed by atoms with van der Waals surface area (Å²) in [5.41, 5.74) is 6.15. The second-order valence-corrected chi connectivity index (χ2v) is 6.13. The Hall–Kier alpha value is -0.120. The van der Waals surface area contributed by atoms with Gasteiger partial charge in [0, 0.05) is 31.3 Å². The van der Waals surface area contributed by atoms with E-state index in [2.05, 4.69) is 4.90 Å². The SMILES string of the molecule is NC1CC2CCCC(C1)N2CCC1CCCO1. The van der Waals surface area contributed by atoms with Gasteiger partial charge in [0.15, 0.2) is 0 Å². The standard InChI is InChI=1S/C14H26N2O/c15-11-9-12-3-1-4-13(10-11)16(12)7-6-14-5-2-8-17-14/h11-14H,1-10,15H2. The summed E-state index contributed by atoms with van der Waals surface area (Å²) in [5.74, 6) is 0. The van der Waals surface area contributed by atoms with Gasteiger partial charge in [-0.25, -0.2) is 0 Å². The predicted octanol–water partition coefficient (Wildman–Crippen LogP) is 1.90. The molecule has 0 spiro atoms. The fraction of sp³-hybridized carbons (Fsp3) is 1.00. The highest BCUT2D eigenvalue weighted by molar-refractivity contribution is 4.94. The molecular weight excluding hydrogens is 212 g/mol. The van der Waals surface area contributed by atoms with Crippen LogP contribution in [0.2, 0.25) is 0 Å². The highest BCUT2D eigenvalue weighted by Gasteiger charge is 2.36. The topological polar surface area (TPSA) is 38.5 Å². The van der Waals surface area contributed by atoms with Crippen LogP contribution >= 0.6 is 0 Å². The van der Waals surface area contributed by atoms with Gasteiger partial charge in [-0.1, -0.05) is 6.42 Å². The van der Waals surface area contributed by atoms with Crippen LogP contribution in [0.3, 0.4) is 0 Å². The van der Waals surface area contributed by atoms with Gasteiger partial charge in [0.05, 0.1) is 6.10 Å². The molecule has 0 amide bonds. The van der Waals surface area contributed by atoms with E-state index in [1.807, 2.05) is 0 Å². The normalized spacial score (nSPS) is 42.9. The van der Waals surface area contributed by atoms with Crippen molar-refractivity contribution in [1.29, 1.82) is 0 Å². The molecule has 0 aromatic heterocycles. The number of rotatable bonds is 3. The Morgan fingerprint density at radius 3 is 2.47 bits per heavy atom. The van der Waals surface area contributed by atoms with Crippen LogP contribution in [0, 0.1) is 0 Å². The third kappa shape index (κ3) is 2.67. The number of piperidine rings is 2. The summed E-state index contributed by atoms with van der Waals surface area (Å²) in [6.07, 6.45) is 10.9. The molecule has 3 fully saturated rings. The van der Waals surface area contributed by atoms with Crippen molar-refractivity contribution in [3.63, 3.8) is 0 Å². The Morgan fingerprint density at radius 1 is 1.06 bits per heavy atom. The minimum absolute atomic E-state index is 0.462. The fourth-order valence-electron chi connectivity index (χ4n) is 4.05. The molecule has 3 saturated heterocycles. The molecule has 0 aliphatic carbocycles. The first-order valence-electron chi connectivity index (χ1n) is 7.46. The molecule has 2 bridgehead atoms. The molecule has 98 valence electrons. The van der Waals surface area contributed by atoms with Crippen molar-refractivity contribution in [2.24, 2.45) is 5.73 Å². The Balaban J connectivity index is 1.54. The maximum absolute atomic E-state index is 6.15. The van der Waals surface area contributed by atoms with Crippen LogP contribution in [0.1, 0.15) is 51.4 Å². The maximum atomic E-state index is 6.15. The lowest BCUT2D eigenvalue weighted by molar-refractivity contribution is 0.0141. The Bertz CT molecular complexity index is 239. The molecule has 0 aromatic rings. The van der Waals surface area contributed by atoms with E-state index in [1.54, 1.807) is 0 Å². The molecule has 3 rings (SSSR count). The molecule has 2 N–H and O–H groups in total. The molecule has 3 atom stereocenters. The molecule has 0 radical (unpaired) electrons. The van der Waals surface area contributed by atoms with Crippen molar-refractivity contribution in [3.05, 3.63) is 0 Å². The summed E-state index contributed by atoms with van der Waals surface area (Å²) in [4.78, 5) is 2.76. The van der Waals surface area contributed by atoms with Gasteiger partial charge in [0.25, 0.3) is 0 Å². The molecular formula is C14H26N2O. The van der Waals surface area contributed by atoms with Gasteiger partial charge < -0.3 is 10.5 Å². The average Bonchev–Trinajstić information content (AvgIpc) is 2.79. The third-order valence-electron chi connectivity index (χ3n) is 4.90. The van der Waals surface area contributed by atoms with E-state index in [0.29, 0.717) is 12.1 Å². The van der Waals surface area contributed by atoms with Crippen LogP contribution in [-0.2, 0) is 4.74 Å². The molecule has 3 nitrogen and oxygen atoms in total. The fourth-order valence-corrected chi connectivity index (χ4v) is 4.05. The second-order valence-electron chi connectivity index (χ2n) is 6.13. The zero-order valence-corrected chi connectivity index (χ0v) is 10.8. The van der Waals surface area contributed by atoms with Gasteiger partial charge in [-0.3, -0.25) is 4.90 Å². The van der Waals surface area contributed by atoms with Gasteiger partial charge in [-0.15, -0.1) is 0 Å². The first kappa shape index (κ1) is 11.9. The molecule has 0 aromatic carbocycles. The molecule has 17 heavy (non-hydrogen) atoms.